The standard InChI is InChI=1S/C28H21N4S.Pt/c1-28(2)19-8-3-4-10-23(19)32(26-12-5-6-15-29-26)24-16-18(13-14-20(24)28)22-17-30-21-9-7-11-25(33)27(21)31-22;/h3-15,17,33H,1-2H3;/q-1;+2/p-1. The predicted octanol–water partition coefficient (Wildman–Crippen LogP) is 6.50. The van der Waals surface area contributed by atoms with Gasteiger partial charge in [0.05, 0.1) is 11.0 Å². The first kappa shape index (κ1) is 22.6. The number of hydrogen-bond acceptors (Lipinski definition) is 5. The van der Waals surface area contributed by atoms with Crippen molar-refractivity contribution in [3.63, 3.8) is 0 Å². The van der Waals surface area contributed by atoms with Gasteiger partial charge in [0.1, 0.15) is 5.82 Å². The Morgan fingerprint density at radius 2 is 1.68 bits per heavy atom. The molecule has 0 amide bonds. The molecule has 0 unspecified atom stereocenters. The van der Waals surface area contributed by atoms with Gasteiger partial charge < -0.3 is 17.5 Å². The fourth-order valence-corrected chi connectivity index (χ4v) is 4.86. The summed E-state index contributed by atoms with van der Waals surface area (Å²) in [5.74, 6) is 0.854. The van der Waals surface area contributed by atoms with Crippen molar-refractivity contribution in [3.05, 3.63) is 102 Å². The summed E-state index contributed by atoms with van der Waals surface area (Å²) in [6, 6.07) is 28.1. The maximum atomic E-state index is 5.49. The van der Waals surface area contributed by atoms with Gasteiger partial charge in [-0.2, -0.15) is 0 Å². The van der Waals surface area contributed by atoms with E-state index < -0.39 is 0 Å². The first-order valence-corrected chi connectivity index (χ1v) is 11.3. The molecule has 3 heterocycles. The number of hydrogen-bond donors (Lipinski definition) is 0. The van der Waals surface area contributed by atoms with Crippen LogP contribution in [0.5, 0.6) is 0 Å². The van der Waals surface area contributed by atoms with Crippen molar-refractivity contribution in [2.24, 2.45) is 0 Å². The Morgan fingerprint density at radius 1 is 0.853 bits per heavy atom. The molecule has 3 aromatic carbocycles. The fourth-order valence-electron chi connectivity index (χ4n) is 4.64. The van der Waals surface area contributed by atoms with Crippen LogP contribution in [0.15, 0.2) is 90.1 Å². The number of anilines is 3. The van der Waals surface area contributed by atoms with Gasteiger partial charge in [-0.15, -0.1) is 28.7 Å². The molecule has 0 N–H and O–H groups in total. The second kappa shape index (κ2) is 8.57. The Morgan fingerprint density at radius 3 is 2.50 bits per heavy atom. The Balaban J connectivity index is 0.00000241. The maximum absolute atomic E-state index is 5.49. The molecule has 6 rings (SSSR count). The zero-order valence-corrected chi connectivity index (χ0v) is 21.7. The van der Waals surface area contributed by atoms with Crippen molar-refractivity contribution in [3.8, 4) is 11.3 Å². The molecule has 4 nitrogen and oxygen atoms in total. The van der Waals surface area contributed by atoms with Crippen LogP contribution in [0, 0.1) is 6.07 Å². The van der Waals surface area contributed by atoms with Gasteiger partial charge in [-0.3, -0.25) is 9.97 Å². The smallest absolute Gasteiger partial charge is 0.778 e. The summed E-state index contributed by atoms with van der Waals surface area (Å²) in [5, 5.41) is 0. The van der Waals surface area contributed by atoms with Crippen molar-refractivity contribution in [2.45, 2.75) is 24.2 Å². The molecule has 6 heteroatoms. The molecule has 2 aromatic heterocycles. The summed E-state index contributed by atoms with van der Waals surface area (Å²) in [4.78, 5) is 17.0. The van der Waals surface area contributed by atoms with Gasteiger partial charge in [-0.25, -0.2) is 4.98 Å². The van der Waals surface area contributed by atoms with Crippen LogP contribution in [0.25, 0.3) is 22.3 Å². The van der Waals surface area contributed by atoms with E-state index in [9.17, 15) is 0 Å². The molecule has 1 aliphatic heterocycles. The molecule has 34 heavy (non-hydrogen) atoms. The normalized spacial score (nSPS) is 13.6. The average Bonchev–Trinajstić information content (AvgIpc) is 2.85. The minimum atomic E-state index is -0.185. The number of fused-ring (bicyclic) bond motifs is 3. The van der Waals surface area contributed by atoms with E-state index in [1.165, 1.54) is 11.1 Å². The second-order valence-electron chi connectivity index (χ2n) is 8.68. The van der Waals surface area contributed by atoms with E-state index in [-0.39, 0.29) is 26.5 Å². The third-order valence-corrected chi connectivity index (χ3v) is 6.66. The van der Waals surface area contributed by atoms with Crippen LogP contribution in [-0.4, -0.2) is 15.0 Å². The number of aromatic nitrogens is 3. The quantitative estimate of drug-likeness (QED) is 0.163. The Hall–Kier alpha value is -3.14. The topological polar surface area (TPSA) is 41.9 Å². The van der Waals surface area contributed by atoms with Crippen molar-refractivity contribution < 1.29 is 21.1 Å². The summed E-state index contributed by atoms with van der Waals surface area (Å²) < 4.78 is 0. The van der Waals surface area contributed by atoms with E-state index in [4.69, 9.17) is 17.6 Å². The minimum Gasteiger partial charge on any atom is -0.778 e. The first-order chi connectivity index (χ1) is 16.0. The summed E-state index contributed by atoms with van der Waals surface area (Å²) in [7, 11) is 0. The molecule has 0 bridgehead atoms. The van der Waals surface area contributed by atoms with Crippen molar-refractivity contribution in [2.75, 3.05) is 4.90 Å². The van der Waals surface area contributed by atoms with Crippen LogP contribution in [-0.2, 0) is 39.1 Å². The van der Waals surface area contributed by atoms with Gasteiger partial charge >= 0.3 is 21.1 Å². The van der Waals surface area contributed by atoms with Crippen molar-refractivity contribution >= 4 is 40.9 Å². The number of pyridine rings is 1. The SMILES string of the molecule is CC1(C)c2ccc(-c3cnc4cccc([S-])c4n3)[c-]c2N(c2ccccn2)c2ccccc21.[Pt+2]. The predicted molar refractivity (Wildman–Crippen MR) is 134 cm³/mol. The largest absolute Gasteiger partial charge is 2.00 e. The molecule has 0 saturated carbocycles. The van der Waals surface area contributed by atoms with Crippen molar-refractivity contribution in [1.82, 2.24) is 15.0 Å². The third kappa shape index (κ3) is 3.51. The molecule has 1 aliphatic rings. The molecule has 0 aliphatic carbocycles. The molecule has 0 radical (unpaired) electrons. The minimum absolute atomic E-state index is 0. The Labute approximate surface area is 218 Å². The van der Waals surface area contributed by atoms with Crippen molar-refractivity contribution in [1.29, 1.82) is 0 Å². The van der Waals surface area contributed by atoms with Crippen LogP contribution >= 0.6 is 0 Å². The van der Waals surface area contributed by atoms with E-state index in [1.807, 2.05) is 42.6 Å². The number of rotatable bonds is 2. The van der Waals surface area contributed by atoms with Gasteiger partial charge in [-0.1, -0.05) is 55.8 Å². The maximum Gasteiger partial charge on any atom is 2.00 e. The monoisotopic (exact) mass is 639 g/mol. The van der Waals surface area contributed by atoms with Crippen LogP contribution in [0.3, 0.4) is 0 Å². The summed E-state index contributed by atoms with van der Waals surface area (Å²) in [6.45, 7) is 4.51. The summed E-state index contributed by atoms with van der Waals surface area (Å²) in [5.41, 5.74) is 7.51. The van der Waals surface area contributed by atoms with E-state index in [0.717, 1.165) is 39.5 Å². The molecule has 5 aromatic rings. The van der Waals surface area contributed by atoms with Crippen LogP contribution in [0.4, 0.5) is 17.2 Å². The number of para-hydroxylation sites is 2. The number of benzene rings is 3. The van der Waals surface area contributed by atoms with E-state index in [0.29, 0.717) is 4.90 Å². The molecule has 0 atom stereocenters. The first-order valence-electron chi connectivity index (χ1n) is 10.8. The molecule has 168 valence electrons. The van der Waals surface area contributed by atoms with Crippen LogP contribution < -0.4 is 4.90 Å². The molecule has 0 fully saturated rings. The molecule has 0 saturated heterocycles. The zero-order chi connectivity index (χ0) is 22.6. The van der Waals surface area contributed by atoms with Gasteiger partial charge in [0.15, 0.2) is 0 Å². The average molecular weight is 640 g/mol. The summed E-state index contributed by atoms with van der Waals surface area (Å²) >= 11 is 5.49. The molecule has 0 spiro atoms. The molecular formula is C28H20N4PtS. The van der Waals surface area contributed by atoms with Crippen LogP contribution in [0.1, 0.15) is 25.0 Å². The number of nitrogens with zero attached hydrogens (tertiary/aromatic N) is 4. The molecular weight excluding hydrogens is 619 g/mol. The zero-order valence-electron chi connectivity index (χ0n) is 18.6. The third-order valence-electron chi connectivity index (χ3n) is 6.33. The van der Waals surface area contributed by atoms with E-state index in [2.05, 4.69) is 71.2 Å². The van der Waals surface area contributed by atoms with Gasteiger partial charge in [0, 0.05) is 23.8 Å². The van der Waals surface area contributed by atoms with Gasteiger partial charge in [0.25, 0.3) is 0 Å². The van der Waals surface area contributed by atoms with E-state index >= 15 is 0 Å². The van der Waals surface area contributed by atoms with Gasteiger partial charge in [0.2, 0.25) is 0 Å². The van der Waals surface area contributed by atoms with Gasteiger partial charge in [-0.05, 0) is 40.9 Å². The second-order valence-corrected chi connectivity index (χ2v) is 9.12. The Kier molecular flexibility index (Phi) is 5.71. The van der Waals surface area contributed by atoms with Crippen LogP contribution in [0.2, 0.25) is 0 Å². The van der Waals surface area contributed by atoms with E-state index in [1.54, 1.807) is 6.20 Å². The fraction of sp³-hybridized carbons (Fsp3) is 0.107. The Bertz CT molecular complexity index is 1520. The summed E-state index contributed by atoms with van der Waals surface area (Å²) in [6.07, 6.45) is 3.61.